The van der Waals surface area contributed by atoms with Gasteiger partial charge in [0.25, 0.3) is 5.91 Å². The van der Waals surface area contributed by atoms with Crippen LogP contribution in [0.3, 0.4) is 0 Å². The Morgan fingerprint density at radius 3 is 2.52 bits per heavy atom. The monoisotopic (exact) mass is 366 g/mol. The van der Waals surface area contributed by atoms with Gasteiger partial charge in [0.2, 0.25) is 0 Å². The fourth-order valence-electron chi connectivity index (χ4n) is 3.02. The minimum absolute atomic E-state index is 0.0417. The normalized spacial score (nSPS) is 16.1. The van der Waals surface area contributed by atoms with Crippen LogP contribution in [0, 0.1) is 0 Å². The average molecular weight is 366 g/mol. The third kappa shape index (κ3) is 4.76. The Morgan fingerprint density at radius 2 is 1.92 bits per heavy atom. The molecule has 1 aromatic heterocycles. The van der Waals surface area contributed by atoms with Gasteiger partial charge in [0.15, 0.2) is 0 Å². The summed E-state index contributed by atoms with van der Waals surface area (Å²) in [6, 6.07) is 10.0. The van der Waals surface area contributed by atoms with Crippen LogP contribution in [0.1, 0.15) is 34.1 Å². The van der Waals surface area contributed by atoms with Gasteiger partial charge in [0, 0.05) is 17.0 Å². The first kappa shape index (κ1) is 17.8. The Morgan fingerprint density at radius 1 is 1.20 bits per heavy atom. The zero-order chi connectivity index (χ0) is 17.6. The fraction of sp³-hybridized carbons (Fsp3) is 0.389. The third-order valence-corrected chi connectivity index (χ3v) is 5.22. The van der Waals surface area contributed by atoms with E-state index in [-0.39, 0.29) is 17.7 Å². The molecule has 3 rings (SSSR count). The summed E-state index contributed by atoms with van der Waals surface area (Å²) in [5.41, 5.74) is 0.424. The topological polar surface area (TPSA) is 41.6 Å². The number of thiophene rings is 1. The molecule has 0 radical (unpaired) electrons. The van der Waals surface area contributed by atoms with Crippen molar-refractivity contribution in [2.75, 3.05) is 19.6 Å². The number of benzene rings is 1. The summed E-state index contributed by atoms with van der Waals surface area (Å²) in [4.78, 5) is 16.0. The van der Waals surface area contributed by atoms with E-state index in [4.69, 9.17) is 0 Å². The molecular weight excluding hydrogens is 346 g/mol. The van der Waals surface area contributed by atoms with Crippen molar-refractivity contribution in [2.45, 2.75) is 25.5 Å². The van der Waals surface area contributed by atoms with Crippen LogP contribution in [0.4, 0.5) is 8.78 Å². The van der Waals surface area contributed by atoms with Gasteiger partial charge in [-0.25, -0.2) is 0 Å². The number of alkyl halides is 2. The van der Waals surface area contributed by atoms with Crippen molar-refractivity contribution < 1.29 is 18.3 Å². The number of carbonyl (C=O) groups is 1. The molecule has 1 aliphatic heterocycles. The van der Waals surface area contributed by atoms with Gasteiger partial charge in [-0.1, -0.05) is 6.07 Å². The third-order valence-electron chi connectivity index (χ3n) is 4.25. The second-order valence-electron chi connectivity index (χ2n) is 5.89. The standard InChI is InChI=1S/C18H20F2N2O2S/c19-18(20)24-14-7-5-13(6-8-14)17(23)21-12-15(16-4-3-11-25-16)22-9-1-2-10-22/h3-8,11,15,18H,1-2,9-10,12H2,(H,21,23). The Labute approximate surface area is 149 Å². The molecule has 0 spiro atoms. The van der Waals surface area contributed by atoms with Gasteiger partial charge < -0.3 is 10.1 Å². The molecule has 0 bridgehead atoms. The maximum atomic E-state index is 12.4. The number of carbonyl (C=O) groups excluding carboxylic acids is 1. The second-order valence-corrected chi connectivity index (χ2v) is 6.87. The summed E-state index contributed by atoms with van der Waals surface area (Å²) in [5.74, 6) is -0.176. The fourth-order valence-corrected chi connectivity index (χ4v) is 3.88. The van der Waals surface area contributed by atoms with Gasteiger partial charge in [-0.3, -0.25) is 9.69 Å². The van der Waals surface area contributed by atoms with Crippen LogP contribution in [-0.4, -0.2) is 37.1 Å². The maximum Gasteiger partial charge on any atom is 0.387 e. The summed E-state index contributed by atoms with van der Waals surface area (Å²) in [7, 11) is 0. The number of rotatable bonds is 7. The van der Waals surface area contributed by atoms with Crippen LogP contribution < -0.4 is 10.1 Å². The highest BCUT2D eigenvalue weighted by Crippen LogP contribution is 2.28. The summed E-state index contributed by atoms with van der Waals surface area (Å²) < 4.78 is 28.6. The van der Waals surface area contributed by atoms with E-state index in [1.54, 1.807) is 11.3 Å². The van der Waals surface area contributed by atoms with Crippen molar-refractivity contribution in [2.24, 2.45) is 0 Å². The lowest BCUT2D eigenvalue weighted by atomic mass is 10.1. The van der Waals surface area contributed by atoms with Gasteiger partial charge in [0.1, 0.15) is 5.75 Å². The zero-order valence-corrected chi connectivity index (χ0v) is 14.5. The van der Waals surface area contributed by atoms with E-state index in [0.717, 1.165) is 13.1 Å². The zero-order valence-electron chi connectivity index (χ0n) is 13.7. The molecule has 1 aromatic carbocycles. The summed E-state index contributed by atoms with van der Waals surface area (Å²) in [5, 5.41) is 5.01. The highest BCUT2D eigenvalue weighted by molar-refractivity contribution is 7.10. The Balaban J connectivity index is 1.61. The molecule has 1 unspecified atom stereocenters. The van der Waals surface area contributed by atoms with Crippen molar-refractivity contribution in [1.82, 2.24) is 10.2 Å². The Kier molecular flexibility index (Phi) is 5.99. The smallest absolute Gasteiger partial charge is 0.387 e. The molecule has 1 saturated heterocycles. The number of nitrogens with one attached hydrogen (secondary N) is 1. The molecule has 25 heavy (non-hydrogen) atoms. The SMILES string of the molecule is O=C(NCC(c1cccs1)N1CCCC1)c1ccc(OC(F)F)cc1. The van der Waals surface area contributed by atoms with Crippen LogP contribution in [0.5, 0.6) is 5.75 Å². The molecule has 0 saturated carbocycles. The van der Waals surface area contributed by atoms with Gasteiger partial charge >= 0.3 is 6.61 Å². The van der Waals surface area contributed by atoms with Gasteiger partial charge in [-0.15, -0.1) is 11.3 Å². The first-order valence-corrected chi connectivity index (χ1v) is 9.12. The first-order chi connectivity index (χ1) is 12.1. The number of hydrogen-bond donors (Lipinski definition) is 1. The number of hydrogen-bond acceptors (Lipinski definition) is 4. The van der Waals surface area contributed by atoms with Crippen LogP contribution in [0.25, 0.3) is 0 Å². The molecule has 134 valence electrons. The summed E-state index contributed by atoms with van der Waals surface area (Å²) >= 11 is 1.69. The number of halogens is 2. The minimum atomic E-state index is -2.87. The van der Waals surface area contributed by atoms with Crippen LogP contribution >= 0.6 is 11.3 Å². The van der Waals surface area contributed by atoms with Crippen molar-refractivity contribution in [3.05, 3.63) is 52.2 Å². The molecule has 1 fully saturated rings. The predicted octanol–water partition coefficient (Wildman–Crippen LogP) is 3.92. The molecule has 7 heteroatoms. The van der Waals surface area contributed by atoms with E-state index >= 15 is 0 Å². The molecule has 1 atom stereocenters. The van der Waals surface area contributed by atoms with Crippen molar-refractivity contribution in [3.63, 3.8) is 0 Å². The molecule has 1 N–H and O–H groups in total. The average Bonchev–Trinajstić information content (AvgIpc) is 3.29. The Hall–Kier alpha value is -1.99. The predicted molar refractivity (Wildman–Crippen MR) is 93.3 cm³/mol. The number of amides is 1. The molecule has 4 nitrogen and oxygen atoms in total. The van der Waals surface area contributed by atoms with Gasteiger partial charge in [-0.2, -0.15) is 8.78 Å². The molecule has 0 aliphatic carbocycles. The van der Waals surface area contributed by atoms with Crippen molar-refractivity contribution in [3.8, 4) is 5.75 Å². The summed E-state index contributed by atoms with van der Waals surface area (Å²) in [6.45, 7) is -0.267. The molecule has 2 aromatic rings. The highest BCUT2D eigenvalue weighted by Gasteiger charge is 2.24. The number of nitrogens with zero attached hydrogens (tertiary/aromatic N) is 1. The van der Waals surface area contributed by atoms with Crippen molar-refractivity contribution in [1.29, 1.82) is 0 Å². The molecule has 1 aliphatic rings. The lowest BCUT2D eigenvalue weighted by Gasteiger charge is -2.26. The van der Waals surface area contributed by atoms with Crippen LogP contribution in [-0.2, 0) is 0 Å². The van der Waals surface area contributed by atoms with Gasteiger partial charge in [0.05, 0.1) is 6.04 Å². The number of ether oxygens (including phenoxy) is 1. The van der Waals surface area contributed by atoms with E-state index in [1.165, 1.54) is 42.0 Å². The second kappa shape index (κ2) is 8.40. The van der Waals surface area contributed by atoms with Crippen LogP contribution in [0.2, 0.25) is 0 Å². The Bertz CT molecular complexity index is 671. The van der Waals surface area contributed by atoms with E-state index < -0.39 is 6.61 Å². The molecule has 1 amide bonds. The summed E-state index contributed by atoms with van der Waals surface area (Å²) in [6.07, 6.45) is 2.36. The molecule has 2 heterocycles. The van der Waals surface area contributed by atoms with Crippen molar-refractivity contribution >= 4 is 17.2 Å². The van der Waals surface area contributed by atoms with E-state index in [0.29, 0.717) is 12.1 Å². The van der Waals surface area contributed by atoms with E-state index in [2.05, 4.69) is 21.0 Å². The molecular formula is C18H20F2N2O2S. The lowest BCUT2D eigenvalue weighted by Crippen LogP contribution is -2.36. The minimum Gasteiger partial charge on any atom is -0.435 e. The largest absolute Gasteiger partial charge is 0.435 e. The van der Waals surface area contributed by atoms with E-state index in [1.807, 2.05) is 11.4 Å². The number of likely N-dealkylation sites (tertiary alicyclic amines) is 1. The lowest BCUT2D eigenvalue weighted by molar-refractivity contribution is -0.0498. The van der Waals surface area contributed by atoms with Gasteiger partial charge in [-0.05, 0) is 61.6 Å². The van der Waals surface area contributed by atoms with Crippen LogP contribution in [0.15, 0.2) is 41.8 Å². The quantitative estimate of drug-likeness (QED) is 0.808. The highest BCUT2D eigenvalue weighted by atomic mass is 32.1. The maximum absolute atomic E-state index is 12.4. The van der Waals surface area contributed by atoms with E-state index in [9.17, 15) is 13.6 Å². The first-order valence-electron chi connectivity index (χ1n) is 8.24.